The van der Waals surface area contributed by atoms with Crippen LogP contribution in [0.2, 0.25) is 0 Å². The van der Waals surface area contributed by atoms with E-state index in [1.165, 1.54) is 11.1 Å². The highest BCUT2D eigenvalue weighted by molar-refractivity contribution is 6.58. The number of aryl methyl sites for hydroxylation is 1. The molecule has 5 rings (SSSR count). The first kappa shape index (κ1) is 20.9. The van der Waals surface area contributed by atoms with Gasteiger partial charge in [-0.1, -0.05) is 43.3 Å². The smallest absolute Gasteiger partial charge is 0.423 e. The number of aliphatic hydroxyl groups excluding tert-OH is 1. The van der Waals surface area contributed by atoms with Crippen molar-refractivity contribution in [1.82, 2.24) is 0 Å². The molecule has 3 N–H and O–H groups in total. The van der Waals surface area contributed by atoms with E-state index in [4.69, 9.17) is 0 Å². The van der Waals surface area contributed by atoms with Gasteiger partial charge >= 0.3 is 7.12 Å². The number of carbonyl (C=O) groups is 1. The zero-order chi connectivity index (χ0) is 21.8. The predicted octanol–water partition coefficient (Wildman–Crippen LogP) is 2.86. The van der Waals surface area contributed by atoms with Gasteiger partial charge in [0, 0.05) is 5.56 Å². The maximum absolute atomic E-state index is 11.4. The van der Waals surface area contributed by atoms with Gasteiger partial charge in [-0.05, 0) is 95.8 Å². The molecule has 2 fully saturated rings. The quantitative estimate of drug-likeness (QED) is 0.527. The van der Waals surface area contributed by atoms with Crippen LogP contribution in [0, 0.1) is 23.2 Å². The molecule has 5 heteroatoms. The summed E-state index contributed by atoms with van der Waals surface area (Å²) in [7, 11) is -1.42. The molecule has 0 aromatic heterocycles. The Kier molecular flexibility index (Phi) is 5.32. The van der Waals surface area contributed by atoms with E-state index < -0.39 is 7.12 Å². The number of fused-ring (bicyclic) bond motifs is 5. The second kappa shape index (κ2) is 7.88. The average Bonchev–Trinajstić information content (AvgIpc) is 3.03. The Morgan fingerprint density at radius 2 is 2.00 bits per heavy atom. The van der Waals surface area contributed by atoms with E-state index in [0.717, 1.165) is 50.4 Å². The maximum Gasteiger partial charge on any atom is 0.488 e. The lowest BCUT2D eigenvalue weighted by Crippen LogP contribution is -2.44. The van der Waals surface area contributed by atoms with Crippen LogP contribution in [0.15, 0.2) is 42.5 Å². The third kappa shape index (κ3) is 3.47. The van der Waals surface area contributed by atoms with Crippen LogP contribution in [0.4, 0.5) is 0 Å². The number of benzene rings is 2. The van der Waals surface area contributed by atoms with Crippen molar-refractivity contribution in [2.45, 2.75) is 57.5 Å². The highest BCUT2D eigenvalue weighted by atomic mass is 16.4. The first-order valence-electron chi connectivity index (χ1n) is 11.6. The normalized spacial score (nSPS) is 33.9. The lowest BCUT2D eigenvalue weighted by atomic mass is 9.55. The number of aliphatic hydroxyl groups is 1. The first-order chi connectivity index (χ1) is 14.9. The summed E-state index contributed by atoms with van der Waals surface area (Å²) < 4.78 is 0. The van der Waals surface area contributed by atoms with Crippen molar-refractivity contribution in [1.29, 1.82) is 0 Å². The molecule has 0 heterocycles. The number of carbonyl (C=O) groups excluding carboxylic acids is 1. The van der Waals surface area contributed by atoms with Gasteiger partial charge in [-0.3, -0.25) is 4.79 Å². The molecule has 4 nitrogen and oxygen atoms in total. The van der Waals surface area contributed by atoms with Gasteiger partial charge < -0.3 is 15.2 Å². The molecule has 0 bridgehead atoms. The van der Waals surface area contributed by atoms with Gasteiger partial charge in [0.1, 0.15) is 6.29 Å². The van der Waals surface area contributed by atoms with Gasteiger partial charge in [-0.2, -0.15) is 0 Å². The third-order valence-corrected chi connectivity index (χ3v) is 8.75. The predicted molar refractivity (Wildman–Crippen MR) is 121 cm³/mol. The Bertz CT molecular complexity index is 989. The van der Waals surface area contributed by atoms with Gasteiger partial charge in [0.25, 0.3) is 0 Å². The summed E-state index contributed by atoms with van der Waals surface area (Å²) in [6.45, 7) is 2.29. The van der Waals surface area contributed by atoms with E-state index in [1.54, 1.807) is 0 Å². The van der Waals surface area contributed by atoms with Crippen molar-refractivity contribution in [2.24, 2.45) is 23.2 Å². The lowest BCUT2D eigenvalue weighted by Gasteiger charge is -2.50. The van der Waals surface area contributed by atoms with Crippen molar-refractivity contribution in [2.75, 3.05) is 0 Å². The van der Waals surface area contributed by atoms with Crippen molar-refractivity contribution in [3.05, 3.63) is 64.7 Å². The van der Waals surface area contributed by atoms with Crippen LogP contribution in [0.1, 0.15) is 65.6 Å². The van der Waals surface area contributed by atoms with E-state index in [-0.39, 0.29) is 17.4 Å². The molecule has 2 saturated carbocycles. The Morgan fingerprint density at radius 3 is 2.77 bits per heavy atom. The zero-order valence-electron chi connectivity index (χ0n) is 18.1. The van der Waals surface area contributed by atoms with Crippen LogP contribution in [0.3, 0.4) is 0 Å². The Hall–Kier alpha value is -1.95. The molecule has 2 aromatic carbocycles. The molecule has 162 valence electrons. The minimum atomic E-state index is -1.42. The number of rotatable bonds is 4. The fraction of sp³-hybridized carbons (Fsp3) is 0.500. The first-order valence-corrected chi connectivity index (χ1v) is 11.6. The number of hydrogen-bond donors (Lipinski definition) is 3. The second-order valence-electron chi connectivity index (χ2n) is 10.3. The summed E-state index contributed by atoms with van der Waals surface area (Å²) in [6.07, 6.45) is 6.60. The molecule has 0 radical (unpaired) electrons. The molecule has 0 amide bonds. The summed E-state index contributed by atoms with van der Waals surface area (Å²) in [5.41, 5.74) is 5.00. The van der Waals surface area contributed by atoms with Crippen LogP contribution < -0.4 is 5.46 Å². The van der Waals surface area contributed by atoms with E-state index in [2.05, 4.69) is 19.1 Å². The fourth-order valence-corrected chi connectivity index (χ4v) is 7.21. The van der Waals surface area contributed by atoms with Gasteiger partial charge in [-0.25, -0.2) is 0 Å². The minimum absolute atomic E-state index is 0.0488. The van der Waals surface area contributed by atoms with Crippen molar-refractivity contribution in [3.8, 4) is 0 Å². The number of aldehydes is 1. The van der Waals surface area contributed by atoms with Crippen LogP contribution in [0.25, 0.3) is 0 Å². The van der Waals surface area contributed by atoms with Crippen LogP contribution >= 0.6 is 0 Å². The summed E-state index contributed by atoms with van der Waals surface area (Å²) in [4.78, 5) is 11.2. The highest BCUT2D eigenvalue weighted by Gasteiger charge is 2.57. The van der Waals surface area contributed by atoms with Crippen molar-refractivity contribution >= 4 is 18.9 Å². The van der Waals surface area contributed by atoms with Crippen molar-refractivity contribution < 1.29 is 19.9 Å². The largest absolute Gasteiger partial charge is 0.488 e. The Morgan fingerprint density at radius 1 is 1.16 bits per heavy atom. The van der Waals surface area contributed by atoms with Crippen LogP contribution in [-0.2, 0) is 12.8 Å². The SMILES string of the molecule is CC12CCC3c4ccc(B(O)O)cc4CCC3C1CC(Cc1cccc(C=O)c1)C2O. The van der Waals surface area contributed by atoms with Crippen LogP contribution in [0.5, 0.6) is 0 Å². The zero-order valence-corrected chi connectivity index (χ0v) is 18.1. The fourth-order valence-electron chi connectivity index (χ4n) is 7.21. The monoisotopic (exact) mass is 418 g/mol. The molecule has 31 heavy (non-hydrogen) atoms. The molecule has 6 atom stereocenters. The Balaban J connectivity index is 1.39. The van der Waals surface area contributed by atoms with Gasteiger partial charge in [0.05, 0.1) is 6.10 Å². The molecule has 0 spiro atoms. The standard InChI is InChI=1S/C26H31BO4/c1-26-10-9-22-21-8-6-20(27(30)31)13-18(21)5-7-23(22)24(26)14-19(25(26)29)12-16-3-2-4-17(11-16)15-28/h2-4,6,8,11,13,15,19,22-25,29-31H,5,7,9-10,12,14H2,1H3. The summed E-state index contributed by atoms with van der Waals surface area (Å²) in [6, 6.07) is 13.7. The van der Waals surface area contributed by atoms with Gasteiger partial charge in [0.2, 0.25) is 0 Å². The topological polar surface area (TPSA) is 77.8 Å². The van der Waals surface area contributed by atoms with E-state index >= 15 is 0 Å². The molecule has 6 unspecified atom stereocenters. The van der Waals surface area contributed by atoms with Gasteiger partial charge in [-0.15, -0.1) is 0 Å². The van der Waals surface area contributed by atoms with E-state index in [0.29, 0.717) is 28.8 Å². The molecule has 2 aromatic rings. The van der Waals surface area contributed by atoms with E-state index in [9.17, 15) is 19.9 Å². The molecule has 0 aliphatic heterocycles. The third-order valence-electron chi connectivity index (χ3n) is 8.75. The second-order valence-corrected chi connectivity index (χ2v) is 10.3. The average molecular weight is 418 g/mol. The summed E-state index contributed by atoms with van der Waals surface area (Å²) in [5.74, 6) is 1.79. The molecule has 3 aliphatic carbocycles. The Labute approximate surface area is 184 Å². The summed E-state index contributed by atoms with van der Waals surface area (Å²) in [5, 5.41) is 30.5. The minimum Gasteiger partial charge on any atom is -0.423 e. The highest BCUT2D eigenvalue weighted by Crippen LogP contribution is 2.62. The maximum atomic E-state index is 11.4. The van der Waals surface area contributed by atoms with E-state index in [1.807, 2.05) is 30.3 Å². The molecule has 0 saturated heterocycles. The van der Waals surface area contributed by atoms with Gasteiger partial charge in [0.15, 0.2) is 0 Å². The van der Waals surface area contributed by atoms with Crippen LogP contribution in [-0.4, -0.2) is 34.7 Å². The molecular weight excluding hydrogens is 387 g/mol. The summed E-state index contributed by atoms with van der Waals surface area (Å²) >= 11 is 0. The lowest BCUT2D eigenvalue weighted by molar-refractivity contribution is -0.0325. The van der Waals surface area contributed by atoms with Crippen molar-refractivity contribution in [3.63, 3.8) is 0 Å². The number of hydrogen-bond acceptors (Lipinski definition) is 4. The molecule has 3 aliphatic rings. The molecular formula is C26H31BO4.